The topological polar surface area (TPSA) is 64.6 Å². The van der Waals surface area contributed by atoms with Crippen molar-refractivity contribution in [3.8, 4) is 0 Å². The number of hydrogen-bond donors (Lipinski definition) is 1. The summed E-state index contributed by atoms with van der Waals surface area (Å²) in [6.45, 7) is 3.47. The van der Waals surface area contributed by atoms with E-state index in [-0.39, 0.29) is 19.3 Å². The minimum Gasteiger partial charge on any atom is -0.462 e. The van der Waals surface area contributed by atoms with Crippen LogP contribution < -0.4 is 5.32 Å². The van der Waals surface area contributed by atoms with Gasteiger partial charge in [-0.3, -0.25) is 4.79 Å². The van der Waals surface area contributed by atoms with Gasteiger partial charge in [0, 0.05) is 0 Å². The van der Waals surface area contributed by atoms with Gasteiger partial charge in [-0.1, -0.05) is 30.3 Å². The number of rotatable bonds is 5. The molecule has 1 aromatic carbocycles. The molecule has 0 saturated carbocycles. The van der Waals surface area contributed by atoms with Crippen molar-refractivity contribution in [2.75, 3.05) is 6.54 Å². The van der Waals surface area contributed by atoms with Gasteiger partial charge in [-0.25, -0.2) is 4.79 Å². The van der Waals surface area contributed by atoms with Gasteiger partial charge in [0.1, 0.15) is 13.2 Å². The molecular weight excluding hydrogens is 234 g/mol. The average Bonchev–Trinajstić information content (AvgIpc) is 2.34. The number of amides is 1. The third-order valence-electron chi connectivity index (χ3n) is 1.96. The molecule has 1 amide bonds. The molecule has 0 unspecified atom stereocenters. The Morgan fingerprint density at radius 1 is 1.22 bits per heavy atom. The van der Waals surface area contributed by atoms with Crippen molar-refractivity contribution in [2.24, 2.45) is 0 Å². The quantitative estimate of drug-likeness (QED) is 0.811. The molecule has 5 heteroatoms. The van der Waals surface area contributed by atoms with Crippen LogP contribution in [0.5, 0.6) is 0 Å². The van der Waals surface area contributed by atoms with Crippen molar-refractivity contribution in [3.05, 3.63) is 35.9 Å². The van der Waals surface area contributed by atoms with Crippen LogP contribution in [0.3, 0.4) is 0 Å². The Kier molecular flexibility index (Phi) is 5.70. The number of ether oxygens (including phenoxy) is 2. The van der Waals surface area contributed by atoms with Crippen LogP contribution in [0.25, 0.3) is 0 Å². The summed E-state index contributed by atoms with van der Waals surface area (Å²) in [5.74, 6) is -0.485. The van der Waals surface area contributed by atoms with Crippen LogP contribution in [0, 0.1) is 0 Å². The Morgan fingerprint density at radius 2 is 1.89 bits per heavy atom. The monoisotopic (exact) mass is 251 g/mol. The van der Waals surface area contributed by atoms with Crippen molar-refractivity contribution in [1.82, 2.24) is 5.32 Å². The lowest BCUT2D eigenvalue weighted by molar-refractivity contribution is -0.146. The van der Waals surface area contributed by atoms with Gasteiger partial charge in [0.05, 0.1) is 6.10 Å². The van der Waals surface area contributed by atoms with E-state index in [4.69, 9.17) is 9.47 Å². The number of benzene rings is 1. The summed E-state index contributed by atoms with van der Waals surface area (Å²) in [6.07, 6.45) is -0.834. The minimum atomic E-state index is -0.639. The average molecular weight is 251 g/mol. The van der Waals surface area contributed by atoms with E-state index in [0.717, 1.165) is 5.56 Å². The molecule has 1 N–H and O–H groups in total. The largest absolute Gasteiger partial charge is 0.462 e. The van der Waals surface area contributed by atoms with E-state index in [1.54, 1.807) is 13.8 Å². The maximum absolute atomic E-state index is 11.3. The maximum Gasteiger partial charge on any atom is 0.407 e. The van der Waals surface area contributed by atoms with Gasteiger partial charge in [-0.2, -0.15) is 0 Å². The highest BCUT2D eigenvalue weighted by Crippen LogP contribution is 2.00. The first-order chi connectivity index (χ1) is 8.58. The van der Waals surface area contributed by atoms with Crippen LogP contribution in [0.4, 0.5) is 4.79 Å². The lowest BCUT2D eigenvalue weighted by Gasteiger charge is -2.09. The minimum absolute atomic E-state index is 0.173. The van der Waals surface area contributed by atoms with E-state index in [2.05, 4.69) is 5.32 Å². The molecule has 0 aliphatic rings. The summed E-state index contributed by atoms with van der Waals surface area (Å²) in [6, 6.07) is 9.29. The van der Waals surface area contributed by atoms with Crippen LogP contribution >= 0.6 is 0 Å². The molecule has 1 rings (SSSR count). The molecule has 0 aliphatic heterocycles. The maximum atomic E-state index is 11.3. The van der Waals surface area contributed by atoms with Gasteiger partial charge < -0.3 is 14.8 Å². The second-order valence-corrected chi connectivity index (χ2v) is 3.95. The standard InChI is InChI=1S/C13H17NO4/c1-10(2)18-12(15)8-14-13(16)17-9-11-6-4-3-5-7-11/h3-7,10H,8-9H2,1-2H3,(H,14,16). The fourth-order valence-corrected chi connectivity index (χ4v) is 1.22. The van der Waals surface area contributed by atoms with Crippen LogP contribution in [0.1, 0.15) is 19.4 Å². The molecule has 1 aromatic rings. The fraction of sp³-hybridized carbons (Fsp3) is 0.385. The third kappa shape index (κ3) is 5.89. The summed E-state index contributed by atoms with van der Waals surface area (Å²) in [4.78, 5) is 22.4. The van der Waals surface area contributed by atoms with Crippen LogP contribution in [0.2, 0.25) is 0 Å². The zero-order chi connectivity index (χ0) is 13.4. The molecule has 0 fully saturated rings. The zero-order valence-corrected chi connectivity index (χ0v) is 10.5. The van der Waals surface area contributed by atoms with Crippen molar-refractivity contribution in [1.29, 1.82) is 0 Å². The molecule has 0 radical (unpaired) electrons. The smallest absolute Gasteiger partial charge is 0.407 e. The number of carbonyl (C=O) groups excluding carboxylic acids is 2. The molecule has 0 atom stereocenters. The predicted molar refractivity (Wildman–Crippen MR) is 65.9 cm³/mol. The lowest BCUT2D eigenvalue weighted by atomic mass is 10.2. The van der Waals surface area contributed by atoms with Gasteiger partial charge >= 0.3 is 12.1 Å². The number of esters is 1. The first-order valence-electron chi connectivity index (χ1n) is 5.72. The van der Waals surface area contributed by atoms with Crippen molar-refractivity contribution >= 4 is 12.1 Å². The van der Waals surface area contributed by atoms with E-state index in [0.29, 0.717) is 0 Å². The highest BCUT2D eigenvalue weighted by atomic mass is 16.6. The van der Waals surface area contributed by atoms with E-state index >= 15 is 0 Å². The summed E-state index contributed by atoms with van der Waals surface area (Å²) in [5.41, 5.74) is 0.886. The molecule has 0 aliphatic carbocycles. The Bertz CT molecular complexity index is 389. The van der Waals surface area contributed by atoms with E-state index in [1.807, 2.05) is 30.3 Å². The first-order valence-corrected chi connectivity index (χ1v) is 5.72. The normalized spacial score (nSPS) is 9.94. The molecule has 5 nitrogen and oxygen atoms in total. The highest BCUT2D eigenvalue weighted by Gasteiger charge is 2.08. The van der Waals surface area contributed by atoms with Gasteiger partial charge in [-0.05, 0) is 19.4 Å². The molecule has 18 heavy (non-hydrogen) atoms. The Hall–Kier alpha value is -2.04. The van der Waals surface area contributed by atoms with Crippen molar-refractivity contribution in [2.45, 2.75) is 26.6 Å². The van der Waals surface area contributed by atoms with E-state index in [1.165, 1.54) is 0 Å². The molecule has 0 saturated heterocycles. The SMILES string of the molecule is CC(C)OC(=O)CNC(=O)OCc1ccccc1. The Morgan fingerprint density at radius 3 is 2.50 bits per heavy atom. The number of nitrogens with one attached hydrogen (secondary N) is 1. The van der Waals surface area contributed by atoms with Crippen LogP contribution in [-0.2, 0) is 20.9 Å². The molecule has 0 aromatic heterocycles. The summed E-state index contributed by atoms with van der Waals surface area (Å²) in [7, 11) is 0. The summed E-state index contributed by atoms with van der Waals surface area (Å²) in [5, 5.41) is 2.32. The molecular formula is C13H17NO4. The van der Waals surface area contributed by atoms with E-state index < -0.39 is 12.1 Å². The highest BCUT2D eigenvalue weighted by molar-refractivity contribution is 5.77. The lowest BCUT2D eigenvalue weighted by Crippen LogP contribution is -2.32. The van der Waals surface area contributed by atoms with Crippen molar-refractivity contribution < 1.29 is 19.1 Å². The van der Waals surface area contributed by atoms with Gasteiger partial charge in [0.25, 0.3) is 0 Å². The zero-order valence-electron chi connectivity index (χ0n) is 10.5. The van der Waals surface area contributed by atoms with Gasteiger partial charge in [0.2, 0.25) is 0 Å². The number of hydrogen-bond acceptors (Lipinski definition) is 4. The van der Waals surface area contributed by atoms with Gasteiger partial charge in [-0.15, -0.1) is 0 Å². The first kappa shape index (κ1) is 14.0. The number of alkyl carbamates (subject to hydrolysis) is 1. The molecule has 0 heterocycles. The summed E-state index contributed by atoms with van der Waals surface area (Å²) >= 11 is 0. The van der Waals surface area contributed by atoms with E-state index in [9.17, 15) is 9.59 Å². The predicted octanol–water partition coefficient (Wildman–Crippen LogP) is 1.86. The number of carbonyl (C=O) groups is 2. The Labute approximate surface area is 106 Å². The molecule has 0 spiro atoms. The summed E-state index contributed by atoms with van der Waals surface area (Å²) < 4.78 is 9.78. The van der Waals surface area contributed by atoms with Gasteiger partial charge in [0.15, 0.2) is 0 Å². The van der Waals surface area contributed by atoms with Crippen LogP contribution in [0.15, 0.2) is 30.3 Å². The molecule has 98 valence electrons. The Balaban J connectivity index is 2.20. The van der Waals surface area contributed by atoms with Crippen molar-refractivity contribution in [3.63, 3.8) is 0 Å². The second kappa shape index (κ2) is 7.32. The second-order valence-electron chi connectivity index (χ2n) is 3.95. The van der Waals surface area contributed by atoms with Crippen LogP contribution in [-0.4, -0.2) is 24.7 Å². The third-order valence-corrected chi connectivity index (χ3v) is 1.96. The fourth-order valence-electron chi connectivity index (χ4n) is 1.22. The molecule has 0 bridgehead atoms.